The van der Waals surface area contributed by atoms with Crippen LogP contribution in [0.25, 0.3) is 0 Å². The van der Waals surface area contributed by atoms with Gasteiger partial charge in [0.05, 0.1) is 5.69 Å². The topological polar surface area (TPSA) is 53.4 Å². The van der Waals surface area contributed by atoms with Gasteiger partial charge < -0.3 is 10.0 Å². The molecule has 18 heavy (non-hydrogen) atoms. The Morgan fingerprint density at radius 3 is 3.11 bits per heavy atom. The predicted molar refractivity (Wildman–Crippen MR) is 71.1 cm³/mol. The molecule has 0 spiro atoms. The van der Waals surface area contributed by atoms with Crippen LogP contribution < -0.4 is 4.90 Å². The van der Waals surface area contributed by atoms with Gasteiger partial charge in [-0.25, -0.2) is 9.78 Å². The summed E-state index contributed by atoms with van der Waals surface area (Å²) in [6.45, 7) is 3.12. The fraction of sp³-hybridized carbons (Fsp3) is 0.571. The molecule has 0 aliphatic carbocycles. The molecule has 0 bridgehead atoms. The number of carboxylic acid groups (broad SMARTS) is 1. The van der Waals surface area contributed by atoms with Gasteiger partial charge in [0, 0.05) is 18.8 Å². The van der Waals surface area contributed by atoms with E-state index >= 15 is 0 Å². The summed E-state index contributed by atoms with van der Waals surface area (Å²) < 4.78 is 0. The molecule has 1 N–H and O–H groups in total. The van der Waals surface area contributed by atoms with E-state index in [1.165, 1.54) is 6.42 Å². The number of nitrogens with zero attached hydrogens (tertiary/aromatic N) is 2. The number of hydrogen-bond acceptors (Lipinski definition) is 3. The van der Waals surface area contributed by atoms with Gasteiger partial charge in [-0.1, -0.05) is 13.3 Å². The van der Waals surface area contributed by atoms with Crippen molar-refractivity contribution in [2.24, 2.45) is 0 Å². The highest BCUT2D eigenvalue weighted by Gasteiger charge is 2.25. The Hall–Kier alpha value is -1.58. The minimum absolute atomic E-state index is 0.181. The van der Waals surface area contributed by atoms with Gasteiger partial charge in [0.15, 0.2) is 5.69 Å². The van der Waals surface area contributed by atoms with Crippen LogP contribution in [0.5, 0.6) is 0 Å². The van der Waals surface area contributed by atoms with Crippen molar-refractivity contribution in [2.75, 3.05) is 11.4 Å². The first-order valence-electron chi connectivity index (χ1n) is 6.69. The maximum absolute atomic E-state index is 11.2. The second-order valence-corrected chi connectivity index (χ2v) is 4.81. The van der Waals surface area contributed by atoms with Crippen molar-refractivity contribution in [3.05, 3.63) is 24.0 Å². The van der Waals surface area contributed by atoms with Crippen molar-refractivity contribution in [1.29, 1.82) is 0 Å². The van der Waals surface area contributed by atoms with Gasteiger partial charge in [0.2, 0.25) is 0 Å². The number of aromatic carboxylic acids is 1. The minimum Gasteiger partial charge on any atom is -0.476 e. The van der Waals surface area contributed by atoms with Crippen molar-refractivity contribution < 1.29 is 9.90 Å². The normalized spacial score (nSPS) is 19.8. The lowest BCUT2D eigenvalue weighted by atomic mass is 9.97. The highest BCUT2D eigenvalue weighted by molar-refractivity contribution is 5.92. The Morgan fingerprint density at radius 2 is 2.39 bits per heavy atom. The quantitative estimate of drug-likeness (QED) is 0.890. The summed E-state index contributed by atoms with van der Waals surface area (Å²) in [4.78, 5) is 17.5. The molecule has 4 nitrogen and oxygen atoms in total. The molecular formula is C14H20N2O2. The Labute approximate surface area is 108 Å². The molecule has 1 saturated heterocycles. The maximum atomic E-state index is 11.2. The van der Waals surface area contributed by atoms with Gasteiger partial charge in [-0.3, -0.25) is 0 Å². The minimum atomic E-state index is -0.938. The monoisotopic (exact) mass is 248 g/mol. The lowest BCUT2D eigenvalue weighted by Gasteiger charge is -2.38. The van der Waals surface area contributed by atoms with Crippen molar-refractivity contribution in [2.45, 2.75) is 45.1 Å². The second kappa shape index (κ2) is 5.85. The zero-order chi connectivity index (χ0) is 13.0. The predicted octanol–water partition coefficient (Wildman–Crippen LogP) is 2.94. The van der Waals surface area contributed by atoms with Crippen LogP contribution in [0, 0.1) is 0 Å². The number of aromatic nitrogens is 1. The van der Waals surface area contributed by atoms with Crippen LogP contribution in [-0.2, 0) is 0 Å². The van der Waals surface area contributed by atoms with E-state index < -0.39 is 5.97 Å². The van der Waals surface area contributed by atoms with Crippen molar-refractivity contribution in [3.8, 4) is 0 Å². The molecule has 1 unspecified atom stereocenters. The Bertz CT molecular complexity index is 418. The van der Waals surface area contributed by atoms with Crippen LogP contribution in [0.15, 0.2) is 18.3 Å². The third kappa shape index (κ3) is 2.63. The lowest BCUT2D eigenvalue weighted by molar-refractivity contribution is 0.0691. The fourth-order valence-corrected chi connectivity index (χ4v) is 2.74. The van der Waals surface area contributed by atoms with Crippen LogP contribution in [0.3, 0.4) is 0 Å². The zero-order valence-corrected chi connectivity index (χ0v) is 10.8. The molecule has 0 radical (unpaired) electrons. The first-order chi connectivity index (χ1) is 8.74. The Kier molecular flexibility index (Phi) is 4.18. The van der Waals surface area contributed by atoms with E-state index in [1.54, 1.807) is 6.20 Å². The van der Waals surface area contributed by atoms with E-state index in [2.05, 4.69) is 16.8 Å². The van der Waals surface area contributed by atoms with Crippen LogP contribution in [0.4, 0.5) is 5.69 Å². The number of piperidine rings is 1. The van der Waals surface area contributed by atoms with E-state index in [0.29, 0.717) is 6.04 Å². The van der Waals surface area contributed by atoms with Gasteiger partial charge >= 0.3 is 5.97 Å². The first kappa shape index (κ1) is 12.9. The highest BCUT2D eigenvalue weighted by Crippen LogP contribution is 2.29. The number of carbonyl (C=O) groups is 1. The fourth-order valence-electron chi connectivity index (χ4n) is 2.74. The summed E-state index contributed by atoms with van der Waals surface area (Å²) in [5.41, 5.74) is 0.962. The maximum Gasteiger partial charge on any atom is 0.356 e. The molecule has 1 aliphatic rings. The summed E-state index contributed by atoms with van der Waals surface area (Å²) in [7, 11) is 0. The van der Waals surface area contributed by atoms with Crippen LogP contribution >= 0.6 is 0 Å². The number of carboxylic acids is 1. The van der Waals surface area contributed by atoms with Crippen molar-refractivity contribution >= 4 is 11.7 Å². The van der Waals surface area contributed by atoms with Gasteiger partial charge in [0.1, 0.15) is 0 Å². The third-order valence-corrected chi connectivity index (χ3v) is 3.55. The SMILES string of the molecule is CCCC1CCCCN1c1cccnc1C(=O)O. The molecule has 98 valence electrons. The molecule has 1 fully saturated rings. The summed E-state index contributed by atoms with van der Waals surface area (Å²) in [6.07, 6.45) is 7.32. The average molecular weight is 248 g/mol. The summed E-state index contributed by atoms with van der Waals surface area (Å²) >= 11 is 0. The number of hydrogen-bond donors (Lipinski definition) is 1. The first-order valence-corrected chi connectivity index (χ1v) is 6.69. The highest BCUT2D eigenvalue weighted by atomic mass is 16.4. The molecule has 0 saturated carbocycles. The molecule has 1 aliphatic heterocycles. The van der Waals surface area contributed by atoms with Gasteiger partial charge in [-0.15, -0.1) is 0 Å². The van der Waals surface area contributed by atoms with Crippen LogP contribution in [0.2, 0.25) is 0 Å². The zero-order valence-electron chi connectivity index (χ0n) is 10.8. The second-order valence-electron chi connectivity index (χ2n) is 4.81. The van der Waals surface area contributed by atoms with Crippen LogP contribution in [-0.4, -0.2) is 28.6 Å². The largest absolute Gasteiger partial charge is 0.476 e. The molecule has 1 atom stereocenters. The molecular weight excluding hydrogens is 228 g/mol. The van der Waals surface area contributed by atoms with E-state index in [1.807, 2.05) is 12.1 Å². The van der Waals surface area contributed by atoms with Gasteiger partial charge in [0.25, 0.3) is 0 Å². The van der Waals surface area contributed by atoms with E-state index in [0.717, 1.165) is 37.9 Å². The Balaban J connectivity index is 2.30. The van der Waals surface area contributed by atoms with Crippen molar-refractivity contribution in [3.63, 3.8) is 0 Å². The summed E-state index contributed by atoms with van der Waals surface area (Å²) in [5.74, 6) is -0.938. The van der Waals surface area contributed by atoms with E-state index in [9.17, 15) is 9.90 Å². The molecule has 2 heterocycles. The molecule has 1 aromatic rings. The van der Waals surface area contributed by atoms with Crippen molar-refractivity contribution in [1.82, 2.24) is 4.98 Å². The molecule has 1 aromatic heterocycles. The molecule has 4 heteroatoms. The Morgan fingerprint density at radius 1 is 1.56 bits per heavy atom. The summed E-state index contributed by atoms with van der Waals surface area (Å²) in [6, 6.07) is 4.16. The van der Waals surface area contributed by atoms with Gasteiger partial charge in [-0.2, -0.15) is 0 Å². The average Bonchev–Trinajstić information content (AvgIpc) is 2.40. The molecule has 2 rings (SSSR count). The number of pyridine rings is 1. The van der Waals surface area contributed by atoms with Crippen LogP contribution in [0.1, 0.15) is 49.5 Å². The lowest BCUT2D eigenvalue weighted by Crippen LogP contribution is -2.40. The smallest absolute Gasteiger partial charge is 0.356 e. The summed E-state index contributed by atoms with van der Waals surface area (Å²) in [5, 5.41) is 9.22. The molecule has 0 amide bonds. The van der Waals surface area contributed by atoms with E-state index in [-0.39, 0.29) is 5.69 Å². The number of anilines is 1. The third-order valence-electron chi connectivity index (χ3n) is 3.55. The standard InChI is InChI=1S/C14H20N2O2/c1-2-6-11-7-3-4-10-16(11)12-8-5-9-15-13(12)14(17)18/h5,8-9,11H,2-4,6-7,10H2,1H3,(H,17,18). The molecule has 0 aromatic carbocycles. The van der Waals surface area contributed by atoms with E-state index in [4.69, 9.17) is 0 Å². The van der Waals surface area contributed by atoms with Gasteiger partial charge in [-0.05, 0) is 37.8 Å². The number of rotatable bonds is 4.